The van der Waals surface area contributed by atoms with Gasteiger partial charge in [-0.05, 0) is 19.3 Å². The summed E-state index contributed by atoms with van der Waals surface area (Å²) in [4.78, 5) is 30.5. The van der Waals surface area contributed by atoms with Crippen molar-refractivity contribution in [3.05, 3.63) is 23.8 Å². The number of nitrogens with one attached hydrogen (secondary N) is 3. The van der Waals surface area contributed by atoms with Gasteiger partial charge < -0.3 is 31.3 Å². The Morgan fingerprint density at radius 2 is 2.00 bits per heavy atom. The van der Waals surface area contributed by atoms with E-state index >= 15 is 4.39 Å². The summed E-state index contributed by atoms with van der Waals surface area (Å²) in [6.45, 7) is 7.69. The fourth-order valence-corrected chi connectivity index (χ4v) is 6.19. The highest BCUT2D eigenvalue weighted by molar-refractivity contribution is 6.09. The lowest BCUT2D eigenvalue weighted by Gasteiger charge is -2.46. The average molecular weight is 567 g/mol. The third kappa shape index (κ3) is 7.07. The first-order valence-corrected chi connectivity index (χ1v) is 14.7. The molecule has 6 atom stereocenters. The smallest absolute Gasteiger partial charge is 0.237 e. The third-order valence-corrected chi connectivity index (χ3v) is 8.39. The first-order chi connectivity index (χ1) is 19.2. The number of alkyl halides is 1. The van der Waals surface area contributed by atoms with Crippen LogP contribution in [0.25, 0.3) is 0 Å². The van der Waals surface area contributed by atoms with Crippen molar-refractivity contribution in [2.24, 2.45) is 17.6 Å². The summed E-state index contributed by atoms with van der Waals surface area (Å²) in [5.41, 5.74) is 7.90. The third-order valence-electron chi connectivity index (χ3n) is 8.39. The predicted octanol–water partition coefficient (Wildman–Crippen LogP) is 0.454. The van der Waals surface area contributed by atoms with Crippen LogP contribution in [0, 0.1) is 11.8 Å². The number of nitrogens with zero attached hydrogens (tertiary/aromatic N) is 3. The molecule has 0 bridgehead atoms. The highest BCUT2D eigenvalue weighted by Gasteiger charge is 2.44. The maximum Gasteiger partial charge on any atom is 0.237 e. The van der Waals surface area contributed by atoms with Crippen LogP contribution in [0.4, 0.5) is 8.78 Å². The lowest BCUT2D eigenvalue weighted by Crippen LogP contribution is -2.68. The highest BCUT2D eigenvalue weighted by atomic mass is 19.1. The van der Waals surface area contributed by atoms with Gasteiger partial charge in [-0.25, -0.2) is 13.4 Å². The Hall–Kier alpha value is -2.41. The number of hydrogen-bond acceptors (Lipinski definition) is 7. The molecule has 0 aromatic heterocycles. The Morgan fingerprint density at radius 1 is 1.25 bits per heavy atom. The Labute approximate surface area is 236 Å². The number of piperazine rings is 1. The second-order valence-corrected chi connectivity index (χ2v) is 11.2. The molecule has 12 heteroatoms. The van der Waals surface area contributed by atoms with Crippen LogP contribution in [0.5, 0.6) is 0 Å². The van der Waals surface area contributed by atoms with Crippen molar-refractivity contribution in [3.8, 4) is 0 Å². The summed E-state index contributed by atoms with van der Waals surface area (Å²) < 4.78 is 36.8. The molecule has 4 heterocycles. The monoisotopic (exact) mass is 566 g/mol. The molecule has 0 aromatic carbocycles. The standard InChI is InChI=1S/C28H45F2N7O3/c1-4-6-19(29)16-35(3)23-13-20(5-2)33-26(31)24(23)27(38)34-22-15-32-14-21(30)25(22)36-8-10-37(11-9-36)28(39)18-7-12-40-17-18/h13,16,18,21-22,24-26,32H,4-12,14-15,17,31H2,1-3H3,(H,34,38)/p+1. The number of nitrogens with two attached hydrogens (primary N) is 1. The van der Waals surface area contributed by atoms with E-state index in [-0.39, 0.29) is 30.1 Å². The lowest BCUT2D eigenvalue weighted by atomic mass is 9.91. The van der Waals surface area contributed by atoms with Crippen LogP contribution in [0.15, 0.2) is 23.8 Å². The van der Waals surface area contributed by atoms with E-state index in [0.29, 0.717) is 70.9 Å². The lowest BCUT2D eigenvalue weighted by molar-refractivity contribution is -0.426. The van der Waals surface area contributed by atoms with Crippen LogP contribution in [0.3, 0.4) is 0 Å². The summed E-state index contributed by atoms with van der Waals surface area (Å²) in [6, 6.07) is -1.03. The number of ether oxygens (including phenoxy) is 1. The zero-order chi connectivity index (χ0) is 28.8. The Kier molecular flexibility index (Phi) is 10.7. The van der Waals surface area contributed by atoms with Gasteiger partial charge in [-0.2, -0.15) is 0 Å². The first-order valence-electron chi connectivity index (χ1n) is 14.7. The van der Waals surface area contributed by atoms with Gasteiger partial charge in [-0.1, -0.05) is 13.8 Å². The fourth-order valence-electron chi connectivity index (χ4n) is 6.19. The number of halogens is 2. The maximum absolute atomic E-state index is 15.4. The molecule has 0 radical (unpaired) electrons. The SMILES string of the molecule is CCCC(F)=C[N+](C)=C1C=C(CC)NC(N)C1C(=O)NC1CNCC(F)C1N1CCN(C(=O)C2CCOC2)CC1. The van der Waals surface area contributed by atoms with Crippen molar-refractivity contribution in [2.75, 3.05) is 59.5 Å². The first kappa shape index (κ1) is 30.5. The van der Waals surface area contributed by atoms with E-state index in [2.05, 4.69) is 20.9 Å². The van der Waals surface area contributed by atoms with Gasteiger partial charge in [0.05, 0.1) is 30.8 Å². The molecular formula is C28H46F2N7O3+. The number of carbonyl (C=O) groups is 2. The minimum Gasteiger partial charge on any atom is -0.381 e. The van der Waals surface area contributed by atoms with E-state index in [1.165, 1.54) is 6.20 Å². The molecule has 0 aliphatic carbocycles. The number of amides is 2. The van der Waals surface area contributed by atoms with Gasteiger partial charge in [-0.15, -0.1) is 0 Å². The van der Waals surface area contributed by atoms with Crippen molar-refractivity contribution in [3.63, 3.8) is 0 Å². The van der Waals surface area contributed by atoms with Gasteiger partial charge >= 0.3 is 0 Å². The molecule has 4 aliphatic heterocycles. The zero-order valence-corrected chi connectivity index (χ0v) is 24.0. The average Bonchev–Trinajstić information content (AvgIpc) is 3.47. The van der Waals surface area contributed by atoms with E-state index in [4.69, 9.17) is 10.5 Å². The quantitative estimate of drug-likeness (QED) is 0.316. The molecule has 0 aromatic rings. The van der Waals surface area contributed by atoms with Gasteiger partial charge in [0.15, 0.2) is 17.5 Å². The van der Waals surface area contributed by atoms with E-state index in [9.17, 15) is 14.0 Å². The number of rotatable bonds is 8. The fraction of sp³-hybridized carbons (Fsp3) is 0.750. The highest BCUT2D eigenvalue weighted by Crippen LogP contribution is 2.23. The summed E-state index contributed by atoms with van der Waals surface area (Å²) in [7, 11) is 1.72. The van der Waals surface area contributed by atoms with Gasteiger partial charge in [0, 0.05) is 64.1 Å². The van der Waals surface area contributed by atoms with Gasteiger partial charge in [0.25, 0.3) is 0 Å². The van der Waals surface area contributed by atoms with Crippen LogP contribution in [0.2, 0.25) is 0 Å². The molecule has 10 nitrogen and oxygen atoms in total. The van der Waals surface area contributed by atoms with Crippen molar-refractivity contribution in [1.82, 2.24) is 25.8 Å². The van der Waals surface area contributed by atoms with Crippen LogP contribution in [0.1, 0.15) is 39.5 Å². The Balaban J connectivity index is 1.48. The van der Waals surface area contributed by atoms with Crippen LogP contribution in [-0.2, 0) is 14.3 Å². The van der Waals surface area contributed by atoms with E-state index in [0.717, 1.165) is 12.1 Å². The summed E-state index contributed by atoms with van der Waals surface area (Å²) >= 11 is 0. The molecule has 224 valence electrons. The molecule has 5 N–H and O–H groups in total. The molecular weight excluding hydrogens is 520 g/mol. The zero-order valence-electron chi connectivity index (χ0n) is 24.0. The summed E-state index contributed by atoms with van der Waals surface area (Å²) in [6.07, 6.45) is 3.76. The number of hydrogen-bond donors (Lipinski definition) is 4. The van der Waals surface area contributed by atoms with Crippen LogP contribution < -0.4 is 21.7 Å². The number of allylic oxidation sites excluding steroid dienone is 3. The summed E-state index contributed by atoms with van der Waals surface area (Å²) in [5.74, 6) is -1.38. The minimum absolute atomic E-state index is 0.0872. The van der Waals surface area contributed by atoms with Crippen LogP contribution in [-0.4, -0.2) is 116 Å². The van der Waals surface area contributed by atoms with Crippen molar-refractivity contribution < 1.29 is 27.7 Å². The number of piperidine rings is 1. The van der Waals surface area contributed by atoms with E-state index < -0.39 is 30.3 Å². The second-order valence-electron chi connectivity index (χ2n) is 11.2. The van der Waals surface area contributed by atoms with E-state index in [1.807, 2.05) is 24.8 Å². The molecule has 6 unspecified atom stereocenters. The van der Waals surface area contributed by atoms with Crippen molar-refractivity contribution in [2.45, 2.75) is 64.0 Å². The van der Waals surface area contributed by atoms with Crippen molar-refractivity contribution >= 4 is 17.5 Å². The van der Waals surface area contributed by atoms with Crippen LogP contribution >= 0.6 is 0 Å². The molecule has 0 saturated carbocycles. The molecule has 2 amide bonds. The predicted molar refractivity (Wildman–Crippen MR) is 149 cm³/mol. The molecule has 40 heavy (non-hydrogen) atoms. The normalized spacial score (nSPS) is 33.3. The molecule has 4 rings (SSSR count). The van der Waals surface area contributed by atoms with Gasteiger partial charge in [-0.3, -0.25) is 14.5 Å². The van der Waals surface area contributed by atoms with Gasteiger partial charge in [0.1, 0.15) is 13.2 Å². The largest absolute Gasteiger partial charge is 0.381 e. The minimum atomic E-state index is -1.19. The molecule has 4 aliphatic rings. The number of carbonyl (C=O) groups excluding carboxylic acids is 2. The van der Waals surface area contributed by atoms with Gasteiger partial charge in [0.2, 0.25) is 18.0 Å². The van der Waals surface area contributed by atoms with E-state index in [1.54, 1.807) is 11.6 Å². The summed E-state index contributed by atoms with van der Waals surface area (Å²) in [5, 5.41) is 9.37. The molecule has 0 spiro atoms. The maximum atomic E-state index is 15.4. The molecule has 3 fully saturated rings. The topological polar surface area (TPSA) is 115 Å². The second kappa shape index (κ2) is 14.0. The Morgan fingerprint density at radius 3 is 2.65 bits per heavy atom. The Bertz CT molecular complexity index is 1010. The van der Waals surface area contributed by atoms with Crippen molar-refractivity contribution in [1.29, 1.82) is 0 Å². The molecule has 3 saturated heterocycles.